The number of hydrogen-bond acceptors (Lipinski definition) is 4. The molecule has 0 aliphatic carbocycles. The molecule has 3 atom stereocenters. The van der Waals surface area contributed by atoms with Gasteiger partial charge >= 0.3 is 0 Å². The van der Waals surface area contributed by atoms with E-state index in [-0.39, 0.29) is 18.0 Å². The Morgan fingerprint density at radius 3 is 2.45 bits per heavy atom. The predicted molar refractivity (Wildman–Crippen MR) is 126 cm³/mol. The van der Waals surface area contributed by atoms with Gasteiger partial charge in [-0.3, -0.25) is 4.79 Å². The van der Waals surface area contributed by atoms with Crippen molar-refractivity contribution < 1.29 is 13.6 Å². The largest absolute Gasteiger partial charge is 0.593 e. The smallest absolute Gasteiger partial charge is 0.273 e. The average Bonchev–Trinajstić information content (AvgIpc) is 3.30. The Labute approximate surface area is 195 Å². The van der Waals surface area contributed by atoms with Crippen LogP contribution in [0.4, 0.5) is 0 Å². The molecule has 7 nitrogen and oxygen atoms in total. The summed E-state index contributed by atoms with van der Waals surface area (Å²) in [4.78, 5) is 15.8. The number of hydrogen-bond donors (Lipinski definition) is 0. The minimum atomic E-state index is -3.61. The summed E-state index contributed by atoms with van der Waals surface area (Å²) in [7, 11) is -3.61. The van der Waals surface area contributed by atoms with Gasteiger partial charge in [0.15, 0.2) is 15.3 Å². The maximum atomic E-state index is 13.7. The first-order valence-electron chi connectivity index (χ1n) is 11.3. The van der Waals surface area contributed by atoms with E-state index in [1.807, 2.05) is 68.1 Å². The highest BCUT2D eigenvalue weighted by Crippen LogP contribution is 2.40. The average molecular weight is 465 g/mol. The van der Waals surface area contributed by atoms with Gasteiger partial charge in [0.1, 0.15) is 5.69 Å². The van der Waals surface area contributed by atoms with E-state index < -0.39 is 10.4 Å². The molecule has 0 N–H and O–H groups in total. The van der Waals surface area contributed by atoms with Crippen molar-refractivity contribution in [3.8, 4) is 5.69 Å². The van der Waals surface area contributed by atoms with Gasteiger partial charge in [-0.1, -0.05) is 40.1 Å². The zero-order valence-electron chi connectivity index (χ0n) is 19.1. The number of aryl methyl sites for hydroxylation is 2. The van der Waals surface area contributed by atoms with E-state index in [4.69, 9.17) is 0 Å². The third kappa shape index (κ3) is 3.62. The van der Waals surface area contributed by atoms with Gasteiger partial charge in [0.05, 0.1) is 24.0 Å². The molecule has 8 heteroatoms. The Bertz CT molecular complexity index is 1240. The first kappa shape index (κ1) is 22.0. The molecule has 3 heterocycles. The molecule has 1 fully saturated rings. The summed E-state index contributed by atoms with van der Waals surface area (Å²) in [5, 5.41) is 4.65. The Kier molecular flexibility index (Phi) is 5.47. The maximum absolute atomic E-state index is 13.7. The molecule has 3 unspecified atom stereocenters. The second kappa shape index (κ2) is 8.20. The molecule has 1 aromatic heterocycles. The fraction of sp³-hybridized carbons (Fsp3) is 0.360. The summed E-state index contributed by atoms with van der Waals surface area (Å²) < 4.78 is 29.8. The number of benzene rings is 2. The van der Waals surface area contributed by atoms with Crippen LogP contribution in [0.1, 0.15) is 53.1 Å². The monoisotopic (exact) mass is 464 g/mol. The van der Waals surface area contributed by atoms with Gasteiger partial charge in [-0.25, -0.2) is 4.68 Å². The van der Waals surface area contributed by atoms with Crippen LogP contribution in [0.2, 0.25) is 0 Å². The SMILES string of the molecule is Cc1ccc([S+](=O)([O-])N2CCCC(N3C(=O)c4c(c(C)nn4-c4ccccc4)C3C)C2)cc1. The van der Waals surface area contributed by atoms with Crippen molar-refractivity contribution >= 4 is 16.3 Å². The van der Waals surface area contributed by atoms with Crippen LogP contribution >= 0.6 is 0 Å². The quantitative estimate of drug-likeness (QED) is 0.545. The standard InChI is InChI=1S/C25H28N4O3S/c1-17-11-13-22(14-12-17)33(31,32)27-15-7-10-21(16-27)28-19(3)23-18(2)26-29(24(23)25(28)30)20-8-5-4-6-9-20/h4-6,8-9,11-14,19,21H,7,10,15-16H2,1-3H3. The Balaban J connectivity index is 1.44. The highest BCUT2D eigenvalue weighted by molar-refractivity contribution is 7.95. The molecule has 0 radical (unpaired) electrons. The summed E-state index contributed by atoms with van der Waals surface area (Å²) >= 11 is 0. The van der Waals surface area contributed by atoms with Crippen molar-refractivity contribution in [3.63, 3.8) is 0 Å². The summed E-state index contributed by atoms with van der Waals surface area (Å²) in [5.41, 5.74) is 4.21. The lowest BCUT2D eigenvalue weighted by Gasteiger charge is -2.39. The van der Waals surface area contributed by atoms with E-state index >= 15 is 0 Å². The molecule has 0 spiro atoms. The fourth-order valence-electron chi connectivity index (χ4n) is 5.15. The zero-order valence-corrected chi connectivity index (χ0v) is 19.9. The number of piperidine rings is 1. The molecule has 5 rings (SSSR count). The lowest BCUT2D eigenvalue weighted by atomic mass is 10.0. The number of aromatic nitrogens is 2. The van der Waals surface area contributed by atoms with E-state index in [0.717, 1.165) is 28.9 Å². The normalized spacial score (nSPS) is 22.9. The van der Waals surface area contributed by atoms with Crippen LogP contribution in [-0.2, 0) is 14.6 Å². The highest BCUT2D eigenvalue weighted by atomic mass is 32.3. The van der Waals surface area contributed by atoms with E-state index in [2.05, 4.69) is 5.10 Å². The number of sulfonamides is 1. The molecular formula is C25H28N4O3S. The molecule has 0 saturated carbocycles. The van der Waals surface area contributed by atoms with Crippen LogP contribution in [0.3, 0.4) is 0 Å². The first-order valence-corrected chi connectivity index (χ1v) is 12.8. The first-order chi connectivity index (χ1) is 15.8. The Morgan fingerprint density at radius 1 is 1.06 bits per heavy atom. The molecule has 172 valence electrons. The van der Waals surface area contributed by atoms with Gasteiger partial charge in [-0.2, -0.15) is 5.10 Å². The van der Waals surface area contributed by atoms with Crippen molar-refractivity contribution in [2.45, 2.75) is 50.6 Å². The number of fused-ring (bicyclic) bond motifs is 1. The van der Waals surface area contributed by atoms with Crippen molar-refractivity contribution in [1.82, 2.24) is 19.0 Å². The number of para-hydroxylation sites is 1. The predicted octanol–water partition coefficient (Wildman–Crippen LogP) is 4.07. The van der Waals surface area contributed by atoms with Crippen LogP contribution in [0.15, 0.2) is 59.5 Å². The van der Waals surface area contributed by atoms with Gasteiger partial charge in [-0.05, 0) is 57.9 Å². The van der Waals surface area contributed by atoms with Crippen LogP contribution in [-0.4, -0.2) is 48.6 Å². The van der Waals surface area contributed by atoms with E-state index in [0.29, 0.717) is 30.1 Å². The van der Waals surface area contributed by atoms with Crippen LogP contribution in [0, 0.1) is 13.8 Å². The number of carbonyl (C=O) groups excluding carboxylic acids is 1. The van der Waals surface area contributed by atoms with Gasteiger partial charge in [0.25, 0.3) is 5.91 Å². The Hall–Kier alpha value is -2.81. The minimum Gasteiger partial charge on any atom is -0.593 e. The molecule has 0 bridgehead atoms. The van der Waals surface area contributed by atoms with Crippen molar-refractivity contribution in [2.24, 2.45) is 0 Å². The molecular weight excluding hydrogens is 436 g/mol. The molecule has 1 saturated heterocycles. The second-order valence-corrected chi connectivity index (χ2v) is 10.9. The van der Waals surface area contributed by atoms with E-state index in [1.165, 1.54) is 4.31 Å². The van der Waals surface area contributed by atoms with E-state index in [1.54, 1.807) is 16.8 Å². The molecule has 1 amide bonds. The lowest BCUT2D eigenvalue weighted by Crippen LogP contribution is -2.52. The molecule has 33 heavy (non-hydrogen) atoms. The van der Waals surface area contributed by atoms with Crippen LogP contribution < -0.4 is 0 Å². The third-order valence-electron chi connectivity index (χ3n) is 6.79. The minimum absolute atomic E-state index is 0.0819. The van der Waals surface area contributed by atoms with Gasteiger partial charge in [0.2, 0.25) is 0 Å². The van der Waals surface area contributed by atoms with Crippen LogP contribution in [0.25, 0.3) is 5.69 Å². The highest BCUT2D eigenvalue weighted by Gasteiger charge is 2.46. The van der Waals surface area contributed by atoms with Crippen molar-refractivity contribution in [1.29, 1.82) is 0 Å². The maximum Gasteiger partial charge on any atom is 0.273 e. The Morgan fingerprint density at radius 2 is 1.76 bits per heavy atom. The number of rotatable bonds is 4. The fourth-order valence-corrected chi connectivity index (χ4v) is 6.66. The molecule has 2 aliphatic rings. The van der Waals surface area contributed by atoms with Crippen molar-refractivity contribution in [3.05, 3.63) is 77.1 Å². The third-order valence-corrected chi connectivity index (χ3v) is 8.67. The van der Waals surface area contributed by atoms with Gasteiger partial charge in [-0.15, -0.1) is 4.31 Å². The molecule has 2 aliphatic heterocycles. The number of amides is 1. The van der Waals surface area contributed by atoms with Gasteiger partial charge in [0, 0.05) is 18.2 Å². The van der Waals surface area contributed by atoms with E-state index in [9.17, 15) is 13.6 Å². The summed E-state index contributed by atoms with van der Waals surface area (Å²) in [6.07, 6.45) is 1.49. The summed E-state index contributed by atoms with van der Waals surface area (Å²) in [6.45, 7) is 6.65. The molecule has 3 aromatic rings. The summed E-state index contributed by atoms with van der Waals surface area (Å²) in [5.74, 6) is -0.0819. The second-order valence-electron chi connectivity index (χ2n) is 8.96. The van der Waals surface area contributed by atoms with Gasteiger partial charge < -0.3 is 9.45 Å². The van der Waals surface area contributed by atoms with Crippen molar-refractivity contribution in [2.75, 3.05) is 13.1 Å². The zero-order chi connectivity index (χ0) is 23.3. The lowest BCUT2D eigenvalue weighted by molar-refractivity contribution is 0.0548. The topological polar surface area (TPSA) is 81.5 Å². The van der Waals surface area contributed by atoms with Crippen LogP contribution in [0.5, 0.6) is 0 Å². The summed E-state index contributed by atoms with van der Waals surface area (Å²) in [6, 6.07) is 16.3. The molecule has 2 aromatic carbocycles. The number of nitrogens with zero attached hydrogens (tertiary/aromatic N) is 4. The number of carbonyl (C=O) groups is 1.